The summed E-state index contributed by atoms with van der Waals surface area (Å²) in [5.74, 6) is 1.46. The quantitative estimate of drug-likeness (QED) is 0.914. The highest BCUT2D eigenvalue weighted by Crippen LogP contribution is 2.25. The summed E-state index contributed by atoms with van der Waals surface area (Å²) in [7, 11) is 2.04. The van der Waals surface area contributed by atoms with Gasteiger partial charge in [0.05, 0.1) is 6.10 Å². The number of aromatic nitrogens is 2. The van der Waals surface area contributed by atoms with Gasteiger partial charge in [-0.05, 0) is 47.6 Å². The highest BCUT2D eigenvalue weighted by atomic mass is 16.5. The zero-order chi connectivity index (χ0) is 14.8. The molecular weight excluding hydrogens is 252 g/mol. The number of nitrogens with one attached hydrogen (secondary N) is 1. The Labute approximate surface area is 121 Å². The van der Waals surface area contributed by atoms with Crippen LogP contribution in [-0.2, 0) is 0 Å². The van der Waals surface area contributed by atoms with E-state index in [1.54, 1.807) is 0 Å². The number of rotatable bonds is 4. The highest BCUT2D eigenvalue weighted by Gasteiger charge is 2.29. The lowest BCUT2D eigenvalue weighted by Crippen LogP contribution is -2.50. The molecule has 1 N–H and O–H groups in total. The molecule has 20 heavy (non-hydrogen) atoms. The van der Waals surface area contributed by atoms with Crippen LogP contribution >= 0.6 is 0 Å². The Morgan fingerprint density at radius 3 is 2.50 bits per heavy atom. The van der Waals surface area contributed by atoms with Gasteiger partial charge in [0.1, 0.15) is 0 Å². The third-order valence-corrected chi connectivity index (χ3v) is 3.93. The van der Waals surface area contributed by atoms with Crippen LogP contribution in [0.3, 0.4) is 0 Å². The topological polar surface area (TPSA) is 50.3 Å². The monoisotopic (exact) mass is 278 g/mol. The molecule has 1 saturated heterocycles. The van der Waals surface area contributed by atoms with Crippen molar-refractivity contribution in [3.05, 3.63) is 11.8 Å². The van der Waals surface area contributed by atoms with E-state index in [2.05, 4.69) is 27.1 Å². The van der Waals surface area contributed by atoms with E-state index < -0.39 is 0 Å². The maximum Gasteiger partial charge on any atom is 0.228 e. The summed E-state index contributed by atoms with van der Waals surface area (Å²) in [6.07, 6.45) is 2.33. The van der Waals surface area contributed by atoms with Crippen molar-refractivity contribution < 1.29 is 4.74 Å². The molecule has 1 fully saturated rings. The van der Waals surface area contributed by atoms with Gasteiger partial charge in [0.2, 0.25) is 11.8 Å². The number of piperidine rings is 1. The summed E-state index contributed by atoms with van der Waals surface area (Å²) >= 11 is 0. The molecule has 5 heteroatoms. The lowest BCUT2D eigenvalue weighted by atomic mass is 9.90. The molecule has 2 rings (SSSR count). The SMILES string of the molecule is CNC1(C)CCN(c2nc(C)cc(OC(C)C)n2)CC1. The minimum atomic E-state index is 0.131. The standard InChI is InChI=1S/C15H26N4O/c1-11(2)20-13-10-12(3)17-14(18-13)19-8-6-15(4,16-5)7-9-19/h10-11,16H,6-9H2,1-5H3. The summed E-state index contributed by atoms with van der Waals surface area (Å²) in [6, 6.07) is 1.89. The molecule has 0 spiro atoms. The van der Waals surface area contributed by atoms with E-state index in [4.69, 9.17) is 4.74 Å². The van der Waals surface area contributed by atoms with Crippen LogP contribution in [0.4, 0.5) is 5.95 Å². The predicted molar refractivity (Wildman–Crippen MR) is 81.4 cm³/mol. The van der Waals surface area contributed by atoms with E-state index in [-0.39, 0.29) is 11.6 Å². The second-order valence-corrected chi connectivity index (χ2v) is 6.11. The lowest BCUT2D eigenvalue weighted by Gasteiger charge is -2.39. The van der Waals surface area contributed by atoms with Crippen LogP contribution in [0.25, 0.3) is 0 Å². The van der Waals surface area contributed by atoms with Crippen molar-refractivity contribution >= 4 is 5.95 Å². The second-order valence-electron chi connectivity index (χ2n) is 6.11. The Hall–Kier alpha value is -1.36. The summed E-state index contributed by atoms with van der Waals surface area (Å²) in [5.41, 5.74) is 1.19. The van der Waals surface area contributed by atoms with Gasteiger partial charge in [-0.1, -0.05) is 0 Å². The maximum atomic E-state index is 5.70. The van der Waals surface area contributed by atoms with Crippen molar-refractivity contribution in [3.8, 4) is 5.88 Å². The number of hydrogen-bond donors (Lipinski definition) is 1. The molecule has 0 aromatic carbocycles. The Morgan fingerprint density at radius 2 is 1.95 bits per heavy atom. The Kier molecular flexibility index (Phi) is 4.48. The molecule has 0 amide bonds. The smallest absolute Gasteiger partial charge is 0.228 e. The third-order valence-electron chi connectivity index (χ3n) is 3.93. The van der Waals surface area contributed by atoms with Gasteiger partial charge in [0, 0.05) is 30.4 Å². The molecule has 5 nitrogen and oxygen atoms in total. The molecule has 1 aromatic rings. The summed E-state index contributed by atoms with van der Waals surface area (Å²) in [5, 5.41) is 3.41. The highest BCUT2D eigenvalue weighted by molar-refractivity contribution is 5.35. The zero-order valence-electron chi connectivity index (χ0n) is 13.2. The number of nitrogens with zero attached hydrogens (tertiary/aromatic N) is 3. The first-order valence-electron chi connectivity index (χ1n) is 7.38. The maximum absolute atomic E-state index is 5.70. The normalized spacial score (nSPS) is 18.4. The van der Waals surface area contributed by atoms with E-state index in [1.165, 1.54) is 0 Å². The minimum Gasteiger partial charge on any atom is -0.475 e. The van der Waals surface area contributed by atoms with E-state index >= 15 is 0 Å². The van der Waals surface area contributed by atoms with Crippen molar-refractivity contribution in [1.29, 1.82) is 0 Å². The van der Waals surface area contributed by atoms with Gasteiger partial charge in [-0.25, -0.2) is 4.98 Å². The van der Waals surface area contributed by atoms with Crippen LogP contribution in [-0.4, -0.2) is 41.7 Å². The van der Waals surface area contributed by atoms with Crippen LogP contribution in [0.2, 0.25) is 0 Å². The Bertz CT molecular complexity index is 453. The van der Waals surface area contributed by atoms with Gasteiger partial charge in [-0.15, -0.1) is 0 Å². The van der Waals surface area contributed by atoms with E-state index in [0.29, 0.717) is 5.88 Å². The molecule has 0 saturated carbocycles. The summed E-state index contributed by atoms with van der Waals surface area (Å²) in [6.45, 7) is 10.2. The number of aryl methyl sites for hydroxylation is 1. The average Bonchev–Trinajstić information content (AvgIpc) is 2.38. The fourth-order valence-corrected chi connectivity index (χ4v) is 2.42. The van der Waals surface area contributed by atoms with Crippen molar-refractivity contribution in [2.24, 2.45) is 0 Å². The molecule has 1 aromatic heterocycles. The van der Waals surface area contributed by atoms with E-state index in [1.807, 2.05) is 33.9 Å². The van der Waals surface area contributed by atoms with Crippen LogP contribution in [0.15, 0.2) is 6.07 Å². The zero-order valence-corrected chi connectivity index (χ0v) is 13.2. The van der Waals surface area contributed by atoms with Gasteiger partial charge < -0.3 is 15.0 Å². The van der Waals surface area contributed by atoms with Gasteiger partial charge in [0.15, 0.2) is 0 Å². The fraction of sp³-hybridized carbons (Fsp3) is 0.733. The molecule has 0 unspecified atom stereocenters. The van der Waals surface area contributed by atoms with Crippen molar-refractivity contribution in [1.82, 2.24) is 15.3 Å². The first-order chi connectivity index (χ1) is 9.42. The second kappa shape index (κ2) is 5.95. The summed E-state index contributed by atoms with van der Waals surface area (Å²) < 4.78 is 5.70. The fourth-order valence-electron chi connectivity index (χ4n) is 2.42. The first-order valence-corrected chi connectivity index (χ1v) is 7.38. The van der Waals surface area contributed by atoms with Crippen LogP contribution < -0.4 is 15.0 Å². The molecule has 0 atom stereocenters. The molecule has 0 aliphatic carbocycles. The van der Waals surface area contributed by atoms with Crippen LogP contribution in [0, 0.1) is 6.92 Å². The molecular formula is C15H26N4O. The molecule has 1 aliphatic rings. The largest absolute Gasteiger partial charge is 0.475 e. The predicted octanol–water partition coefficient (Wildman–Crippen LogP) is 2.15. The van der Waals surface area contributed by atoms with Crippen LogP contribution in [0.5, 0.6) is 5.88 Å². The molecule has 0 radical (unpaired) electrons. The minimum absolute atomic E-state index is 0.131. The molecule has 1 aliphatic heterocycles. The van der Waals surface area contributed by atoms with Crippen LogP contribution in [0.1, 0.15) is 39.3 Å². The van der Waals surface area contributed by atoms with E-state index in [0.717, 1.165) is 37.6 Å². The van der Waals surface area contributed by atoms with Gasteiger partial charge in [0.25, 0.3) is 0 Å². The van der Waals surface area contributed by atoms with Crippen molar-refractivity contribution in [3.63, 3.8) is 0 Å². The number of hydrogen-bond acceptors (Lipinski definition) is 5. The first kappa shape index (κ1) is 15.0. The average molecular weight is 278 g/mol. The van der Waals surface area contributed by atoms with Crippen molar-refractivity contribution in [2.45, 2.75) is 52.2 Å². The Morgan fingerprint density at radius 1 is 1.30 bits per heavy atom. The van der Waals surface area contributed by atoms with Gasteiger partial charge >= 0.3 is 0 Å². The Balaban J connectivity index is 2.11. The van der Waals surface area contributed by atoms with Crippen molar-refractivity contribution in [2.75, 3.05) is 25.0 Å². The lowest BCUT2D eigenvalue weighted by molar-refractivity contribution is 0.231. The third kappa shape index (κ3) is 3.60. The number of ether oxygens (including phenoxy) is 1. The van der Waals surface area contributed by atoms with E-state index in [9.17, 15) is 0 Å². The molecule has 112 valence electrons. The molecule has 0 bridgehead atoms. The van der Waals surface area contributed by atoms with Gasteiger partial charge in [-0.3, -0.25) is 0 Å². The summed E-state index contributed by atoms with van der Waals surface area (Å²) in [4.78, 5) is 11.3. The van der Waals surface area contributed by atoms with Gasteiger partial charge in [-0.2, -0.15) is 4.98 Å². The molecule has 2 heterocycles. The number of anilines is 1.